The zero-order valence-electron chi connectivity index (χ0n) is 12.8. The van der Waals surface area contributed by atoms with Crippen molar-refractivity contribution < 1.29 is 17.9 Å². The molecule has 0 bridgehead atoms. The number of benzene rings is 1. The van der Waals surface area contributed by atoms with Crippen molar-refractivity contribution in [2.45, 2.75) is 37.7 Å². The number of carbonyl (C=O) groups is 1. The molecule has 7 heteroatoms. The van der Waals surface area contributed by atoms with Crippen molar-refractivity contribution in [1.29, 1.82) is 0 Å². The summed E-state index contributed by atoms with van der Waals surface area (Å²) in [7, 11) is -3.49. The third kappa shape index (κ3) is 6.95. The maximum atomic E-state index is 12.0. The zero-order valence-corrected chi connectivity index (χ0v) is 14.4. The van der Waals surface area contributed by atoms with Crippen LogP contribution in [0.2, 0.25) is 5.02 Å². The van der Waals surface area contributed by atoms with Crippen LogP contribution in [0.3, 0.4) is 0 Å². The minimum absolute atomic E-state index is 0.174. The molecular formula is C15H20ClNO4S. The molecule has 0 heterocycles. The summed E-state index contributed by atoms with van der Waals surface area (Å²) >= 11 is 5.72. The van der Waals surface area contributed by atoms with Gasteiger partial charge in [-0.05, 0) is 51.5 Å². The maximum Gasteiger partial charge on any atom is 0.407 e. The molecule has 0 aliphatic rings. The Hall–Kier alpha value is -1.53. The lowest BCUT2D eigenvalue weighted by molar-refractivity contribution is 0.0529. The second kappa shape index (κ2) is 7.65. The second-order valence-electron chi connectivity index (χ2n) is 5.59. The number of hydrogen-bond donors (Lipinski definition) is 1. The van der Waals surface area contributed by atoms with Gasteiger partial charge in [0.25, 0.3) is 0 Å². The van der Waals surface area contributed by atoms with E-state index >= 15 is 0 Å². The number of sulfone groups is 1. The third-order valence-electron chi connectivity index (χ3n) is 2.40. The fourth-order valence-electron chi connectivity index (χ4n) is 1.47. The molecule has 1 aromatic rings. The first-order valence-electron chi connectivity index (χ1n) is 6.74. The molecule has 1 N–H and O–H groups in total. The summed E-state index contributed by atoms with van der Waals surface area (Å²) in [5, 5.41) is 4.14. The summed E-state index contributed by atoms with van der Waals surface area (Å²) in [5.74, 6) is 0. The number of halogens is 1. The Kier molecular flexibility index (Phi) is 6.44. The Bertz CT molecular complexity index is 631. The molecule has 0 fully saturated rings. The van der Waals surface area contributed by atoms with Crippen LogP contribution in [0.15, 0.2) is 40.6 Å². The van der Waals surface area contributed by atoms with E-state index in [4.69, 9.17) is 16.3 Å². The first-order chi connectivity index (χ1) is 10.1. The van der Waals surface area contributed by atoms with Gasteiger partial charge < -0.3 is 10.1 Å². The fourth-order valence-corrected chi connectivity index (χ4v) is 2.66. The highest BCUT2D eigenvalue weighted by Crippen LogP contribution is 2.16. The van der Waals surface area contributed by atoms with Gasteiger partial charge in [-0.2, -0.15) is 0 Å². The molecule has 122 valence electrons. The third-order valence-corrected chi connectivity index (χ3v) is 4.13. The monoisotopic (exact) mass is 345 g/mol. The molecule has 0 spiro atoms. The van der Waals surface area contributed by atoms with Crippen molar-refractivity contribution >= 4 is 27.5 Å². The highest BCUT2D eigenvalue weighted by Gasteiger charge is 2.15. The van der Waals surface area contributed by atoms with Crippen molar-refractivity contribution in [2.24, 2.45) is 0 Å². The average molecular weight is 346 g/mol. The van der Waals surface area contributed by atoms with Crippen molar-refractivity contribution in [1.82, 2.24) is 5.32 Å². The van der Waals surface area contributed by atoms with Gasteiger partial charge in [0.15, 0.2) is 9.84 Å². The smallest absolute Gasteiger partial charge is 0.407 e. The average Bonchev–Trinajstić information content (AvgIpc) is 2.36. The predicted octanol–water partition coefficient (Wildman–Crippen LogP) is 3.54. The first-order valence-corrected chi connectivity index (χ1v) is 8.67. The lowest BCUT2D eigenvalue weighted by Gasteiger charge is -2.19. The number of ether oxygens (including phenoxy) is 1. The highest BCUT2D eigenvalue weighted by molar-refractivity contribution is 7.94. The molecule has 0 aromatic heterocycles. The minimum atomic E-state index is -3.49. The van der Waals surface area contributed by atoms with Crippen molar-refractivity contribution in [3.8, 4) is 0 Å². The van der Waals surface area contributed by atoms with Gasteiger partial charge in [-0.15, -0.1) is 0 Å². The number of alkyl carbamates (subject to hydrolysis) is 1. The molecule has 0 saturated carbocycles. The Balaban J connectivity index is 2.45. The number of rotatable bonds is 5. The largest absolute Gasteiger partial charge is 0.444 e. The van der Waals surface area contributed by atoms with Crippen LogP contribution in [0.5, 0.6) is 0 Å². The van der Waals surface area contributed by atoms with E-state index in [1.807, 2.05) is 0 Å². The van der Waals surface area contributed by atoms with Gasteiger partial charge in [-0.25, -0.2) is 13.2 Å². The molecule has 22 heavy (non-hydrogen) atoms. The van der Waals surface area contributed by atoms with Gasteiger partial charge in [0.2, 0.25) is 0 Å². The van der Waals surface area contributed by atoms with Crippen LogP contribution >= 0.6 is 11.6 Å². The molecule has 1 aromatic carbocycles. The van der Waals surface area contributed by atoms with Crippen LogP contribution in [-0.2, 0) is 14.6 Å². The van der Waals surface area contributed by atoms with Crippen LogP contribution in [0.1, 0.15) is 27.2 Å². The van der Waals surface area contributed by atoms with Crippen molar-refractivity contribution in [3.05, 3.63) is 40.8 Å². The van der Waals surface area contributed by atoms with E-state index in [2.05, 4.69) is 5.32 Å². The van der Waals surface area contributed by atoms with E-state index in [0.29, 0.717) is 18.0 Å². The molecule has 0 atom stereocenters. The van der Waals surface area contributed by atoms with Crippen LogP contribution in [0.25, 0.3) is 0 Å². The summed E-state index contributed by atoms with van der Waals surface area (Å²) in [6.45, 7) is 5.60. The van der Waals surface area contributed by atoms with Gasteiger partial charge in [0, 0.05) is 17.0 Å². The lowest BCUT2D eigenvalue weighted by atomic mass is 10.2. The van der Waals surface area contributed by atoms with E-state index in [-0.39, 0.29) is 4.90 Å². The normalized spacial score (nSPS) is 12.4. The molecular weight excluding hydrogens is 326 g/mol. The Morgan fingerprint density at radius 3 is 2.41 bits per heavy atom. The highest BCUT2D eigenvalue weighted by atomic mass is 35.5. The Morgan fingerprint density at radius 1 is 1.27 bits per heavy atom. The number of hydrogen-bond acceptors (Lipinski definition) is 4. The summed E-state index contributed by atoms with van der Waals surface area (Å²) in [5.41, 5.74) is -0.558. The van der Waals surface area contributed by atoms with Gasteiger partial charge in [0.05, 0.1) is 4.90 Å². The van der Waals surface area contributed by atoms with E-state index in [9.17, 15) is 13.2 Å². The summed E-state index contributed by atoms with van der Waals surface area (Å²) in [6.07, 6.45) is 1.34. The van der Waals surface area contributed by atoms with Crippen LogP contribution in [0, 0.1) is 0 Å². The first kappa shape index (κ1) is 18.5. The van der Waals surface area contributed by atoms with Crippen molar-refractivity contribution in [2.75, 3.05) is 6.54 Å². The quantitative estimate of drug-likeness (QED) is 0.828. The van der Waals surface area contributed by atoms with Gasteiger partial charge in [-0.1, -0.05) is 17.7 Å². The maximum absolute atomic E-state index is 12.0. The summed E-state index contributed by atoms with van der Waals surface area (Å²) in [4.78, 5) is 11.6. The van der Waals surface area contributed by atoms with E-state index in [0.717, 1.165) is 5.41 Å². The Labute approximate surface area is 136 Å². The van der Waals surface area contributed by atoms with Crippen molar-refractivity contribution in [3.63, 3.8) is 0 Å². The van der Waals surface area contributed by atoms with Gasteiger partial charge >= 0.3 is 6.09 Å². The van der Waals surface area contributed by atoms with E-state index < -0.39 is 21.5 Å². The molecule has 5 nitrogen and oxygen atoms in total. The van der Waals surface area contributed by atoms with E-state index in [1.165, 1.54) is 30.3 Å². The minimum Gasteiger partial charge on any atom is -0.444 e. The zero-order chi connectivity index (χ0) is 16.8. The molecule has 0 radical (unpaired) electrons. The van der Waals surface area contributed by atoms with Gasteiger partial charge in [-0.3, -0.25) is 0 Å². The summed E-state index contributed by atoms with van der Waals surface area (Å²) < 4.78 is 29.0. The fraction of sp³-hybridized carbons (Fsp3) is 0.400. The number of carbonyl (C=O) groups excluding carboxylic acids is 1. The molecule has 1 rings (SSSR count). The van der Waals surface area contributed by atoms with E-state index in [1.54, 1.807) is 20.8 Å². The standard InChI is InChI=1S/C15H20ClNO4S/c1-15(2,3)21-14(18)17-10-4-5-11-22(19,20)13-8-6-12(16)7-9-13/h5-9,11H,4,10H2,1-3H3,(H,17,18)/b11-5+. The van der Waals surface area contributed by atoms with Crippen LogP contribution in [0.4, 0.5) is 4.79 Å². The molecule has 0 aliphatic carbocycles. The lowest BCUT2D eigenvalue weighted by Crippen LogP contribution is -2.32. The second-order valence-corrected chi connectivity index (χ2v) is 7.86. The predicted molar refractivity (Wildman–Crippen MR) is 86.6 cm³/mol. The van der Waals surface area contributed by atoms with Crippen LogP contribution in [-0.4, -0.2) is 26.7 Å². The summed E-state index contributed by atoms with van der Waals surface area (Å²) in [6, 6.07) is 5.93. The molecule has 1 amide bonds. The molecule has 0 aliphatic heterocycles. The number of nitrogens with one attached hydrogen (secondary N) is 1. The molecule has 0 saturated heterocycles. The SMILES string of the molecule is CC(C)(C)OC(=O)NCC/C=C/S(=O)(=O)c1ccc(Cl)cc1. The molecule has 0 unspecified atom stereocenters. The number of amides is 1. The topological polar surface area (TPSA) is 72.5 Å². The van der Waals surface area contributed by atoms with Crippen LogP contribution < -0.4 is 5.32 Å². The van der Waals surface area contributed by atoms with Gasteiger partial charge in [0.1, 0.15) is 5.60 Å². The Morgan fingerprint density at radius 2 is 1.86 bits per heavy atom.